The Balaban J connectivity index is 1.75. The van der Waals surface area contributed by atoms with E-state index in [1.54, 1.807) is 23.5 Å². The molecular weight excluding hydrogens is 379 g/mol. The average Bonchev–Trinajstić information content (AvgIpc) is 2.99. The third kappa shape index (κ3) is 4.95. The number of rotatable bonds is 8. The van der Waals surface area contributed by atoms with Gasteiger partial charge < -0.3 is 5.32 Å². The van der Waals surface area contributed by atoms with Gasteiger partial charge in [0.1, 0.15) is 0 Å². The van der Waals surface area contributed by atoms with Gasteiger partial charge >= 0.3 is 6.18 Å². The fraction of sp³-hybridized carbons (Fsp3) is 0.391. The maximum absolute atomic E-state index is 12.8. The normalized spacial score (nSPS) is 12.0. The molecule has 0 amide bonds. The van der Waals surface area contributed by atoms with Crippen molar-refractivity contribution < 1.29 is 13.2 Å². The first-order chi connectivity index (χ1) is 13.4. The van der Waals surface area contributed by atoms with Crippen molar-refractivity contribution in [1.29, 1.82) is 0 Å². The maximum Gasteiger partial charge on any atom is 0.416 e. The second-order valence-electron chi connectivity index (χ2n) is 7.15. The Hall–Kier alpha value is -1.85. The molecule has 1 N–H and O–H groups in total. The number of thiophene rings is 1. The Labute approximate surface area is 168 Å². The highest BCUT2D eigenvalue weighted by Gasteiger charge is 2.30. The van der Waals surface area contributed by atoms with E-state index < -0.39 is 11.7 Å². The van der Waals surface area contributed by atoms with E-state index in [1.165, 1.54) is 22.4 Å². The molecule has 2 aromatic carbocycles. The minimum absolute atomic E-state index is 0.607. The number of hydrogen-bond donors (Lipinski definition) is 1. The van der Waals surface area contributed by atoms with Crippen LogP contribution in [0.1, 0.15) is 42.2 Å². The smallest absolute Gasteiger partial charge is 0.317 e. The second kappa shape index (κ2) is 9.10. The third-order valence-corrected chi connectivity index (χ3v) is 6.00. The molecule has 0 aliphatic carbocycles. The lowest BCUT2D eigenvalue weighted by atomic mass is 9.99. The molecule has 1 nitrogen and oxygen atoms in total. The number of unbranched alkanes of at least 4 members (excludes halogenated alkanes) is 1. The van der Waals surface area contributed by atoms with E-state index in [4.69, 9.17) is 0 Å². The summed E-state index contributed by atoms with van der Waals surface area (Å²) >= 11 is 1.71. The topological polar surface area (TPSA) is 12.0 Å². The molecule has 5 heteroatoms. The number of fused-ring (bicyclic) bond motifs is 1. The molecule has 3 rings (SSSR count). The molecule has 0 spiro atoms. The number of nitrogens with one attached hydrogen (secondary N) is 1. The van der Waals surface area contributed by atoms with Gasteiger partial charge in [0, 0.05) is 20.5 Å². The SMILES string of the molecule is CCCNCCCCc1ccc2c(-c3ccc(C(F)(F)F)cc3)c(C)sc2c1. The zero-order chi connectivity index (χ0) is 20.1. The van der Waals surface area contributed by atoms with Crippen molar-refractivity contribution in [2.75, 3.05) is 13.1 Å². The van der Waals surface area contributed by atoms with Crippen molar-refractivity contribution in [1.82, 2.24) is 5.32 Å². The lowest BCUT2D eigenvalue weighted by Gasteiger charge is -2.08. The van der Waals surface area contributed by atoms with Crippen LogP contribution in [0.2, 0.25) is 0 Å². The average molecular weight is 406 g/mol. The van der Waals surface area contributed by atoms with Gasteiger partial charge in [-0.15, -0.1) is 11.3 Å². The van der Waals surface area contributed by atoms with Gasteiger partial charge in [-0.3, -0.25) is 0 Å². The van der Waals surface area contributed by atoms with Gasteiger partial charge in [-0.25, -0.2) is 0 Å². The lowest BCUT2D eigenvalue weighted by molar-refractivity contribution is -0.137. The summed E-state index contributed by atoms with van der Waals surface area (Å²) in [5, 5.41) is 4.55. The first kappa shape index (κ1) is 20.9. The molecule has 0 saturated carbocycles. The van der Waals surface area contributed by atoms with Gasteiger partial charge in [-0.2, -0.15) is 13.2 Å². The molecule has 150 valence electrons. The summed E-state index contributed by atoms with van der Waals surface area (Å²) in [6.45, 7) is 6.35. The van der Waals surface area contributed by atoms with Crippen LogP contribution < -0.4 is 5.32 Å². The minimum Gasteiger partial charge on any atom is -0.317 e. The summed E-state index contributed by atoms with van der Waals surface area (Å²) in [6, 6.07) is 12.0. The summed E-state index contributed by atoms with van der Waals surface area (Å²) < 4.78 is 39.7. The van der Waals surface area contributed by atoms with Gasteiger partial charge in [0.25, 0.3) is 0 Å². The van der Waals surface area contributed by atoms with Crippen LogP contribution in [0.15, 0.2) is 42.5 Å². The predicted molar refractivity (Wildman–Crippen MR) is 113 cm³/mol. The monoisotopic (exact) mass is 405 g/mol. The molecule has 0 saturated heterocycles. The molecule has 28 heavy (non-hydrogen) atoms. The fourth-order valence-electron chi connectivity index (χ4n) is 3.48. The molecule has 1 aromatic heterocycles. The van der Waals surface area contributed by atoms with Crippen LogP contribution in [0.3, 0.4) is 0 Å². The lowest BCUT2D eigenvalue weighted by Crippen LogP contribution is -2.15. The van der Waals surface area contributed by atoms with Crippen LogP contribution in [-0.4, -0.2) is 13.1 Å². The molecule has 0 bridgehead atoms. The van der Waals surface area contributed by atoms with E-state index >= 15 is 0 Å². The zero-order valence-corrected chi connectivity index (χ0v) is 17.1. The number of aryl methyl sites for hydroxylation is 2. The first-order valence-electron chi connectivity index (χ1n) is 9.80. The van der Waals surface area contributed by atoms with Gasteiger partial charge in [0.05, 0.1) is 5.56 Å². The zero-order valence-electron chi connectivity index (χ0n) is 16.3. The molecule has 0 aliphatic rings. The molecule has 0 fully saturated rings. The number of benzene rings is 2. The highest BCUT2D eigenvalue weighted by Crippen LogP contribution is 2.40. The summed E-state index contributed by atoms with van der Waals surface area (Å²) in [7, 11) is 0. The number of hydrogen-bond acceptors (Lipinski definition) is 2. The Kier molecular flexibility index (Phi) is 6.78. The fourth-order valence-corrected chi connectivity index (χ4v) is 4.63. The van der Waals surface area contributed by atoms with Crippen molar-refractivity contribution in [3.8, 4) is 11.1 Å². The van der Waals surface area contributed by atoms with Crippen LogP contribution in [0.25, 0.3) is 21.2 Å². The highest BCUT2D eigenvalue weighted by atomic mass is 32.1. The predicted octanol–water partition coefficient (Wildman–Crippen LogP) is 7.22. The van der Waals surface area contributed by atoms with E-state index in [0.29, 0.717) is 0 Å². The molecule has 1 heterocycles. The van der Waals surface area contributed by atoms with Crippen molar-refractivity contribution in [2.24, 2.45) is 0 Å². The molecule has 0 unspecified atom stereocenters. The minimum atomic E-state index is -4.30. The molecule has 0 radical (unpaired) electrons. The van der Waals surface area contributed by atoms with Gasteiger partial charge in [0.15, 0.2) is 0 Å². The van der Waals surface area contributed by atoms with Crippen LogP contribution >= 0.6 is 11.3 Å². The molecule has 0 aliphatic heterocycles. The van der Waals surface area contributed by atoms with Crippen molar-refractivity contribution in [2.45, 2.75) is 45.7 Å². The molecule has 0 atom stereocenters. The van der Waals surface area contributed by atoms with E-state index in [9.17, 15) is 13.2 Å². The maximum atomic E-state index is 12.8. The van der Waals surface area contributed by atoms with Crippen LogP contribution in [-0.2, 0) is 12.6 Å². The van der Waals surface area contributed by atoms with Gasteiger partial charge in [-0.05, 0) is 75.0 Å². The Bertz CT molecular complexity index is 910. The van der Waals surface area contributed by atoms with Crippen LogP contribution in [0.4, 0.5) is 13.2 Å². The molecule has 3 aromatic rings. The van der Waals surface area contributed by atoms with Crippen LogP contribution in [0, 0.1) is 6.92 Å². The van der Waals surface area contributed by atoms with Gasteiger partial charge in [-0.1, -0.05) is 31.2 Å². The quantitative estimate of drug-likeness (QED) is 0.390. The van der Waals surface area contributed by atoms with Crippen molar-refractivity contribution in [3.63, 3.8) is 0 Å². The Morgan fingerprint density at radius 3 is 2.39 bits per heavy atom. The van der Waals surface area contributed by atoms with Crippen molar-refractivity contribution in [3.05, 3.63) is 58.5 Å². The summed E-state index contributed by atoms with van der Waals surface area (Å²) in [4.78, 5) is 1.13. The standard InChI is InChI=1S/C23H26F3NS/c1-3-13-27-14-5-4-6-17-7-12-20-21(15-17)28-16(2)22(20)18-8-10-19(11-9-18)23(24,25)26/h7-12,15,27H,3-6,13-14H2,1-2H3. The van der Waals surface area contributed by atoms with E-state index in [1.807, 2.05) is 6.92 Å². The Morgan fingerprint density at radius 2 is 1.71 bits per heavy atom. The highest BCUT2D eigenvalue weighted by molar-refractivity contribution is 7.19. The second-order valence-corrected chi connectivity index (χ2v) is 8.40. The number of alkyl halides is 3. The van der Waals surface area contributed by atoms with Crippen molar-refractivity contribution >= 4 is 21.4 Å². The van der Waals surface area contributed by atoms with E-state index in [0.717, 1.165) is 60.2 Å². The van der Waals surface area contributed by atoms with Gasteiger partial charge in [0.2, 0.25) is 0 Å². The largest absolute Gasteiger partial charge is 0.416 e. The summed E-state index contributed by atoms with van der Waals surface area (Å²) in [5.74, 6) is 0. The van der Waals surface area contributed by atoms with Crippen LogP contribution in [0.5, 0.6) is 0 Å². The number of halogens is 3. The summed E-state index contributed by atoms with van der Waals surface area (Å²) in [6.07, 6.45) is 0.230. The first-order valence-corrected chi connectivity index (χ1v) is 10.6. The van der Waals surface area contributed by atoms with E-state index in [2.05, 4.69) is 30.4 Å². The third-order valence-electron chi connectivity index (χ3n) is 4.93. The van der Waals surface area contributed by atoms with E-state index in [-0.39, 0.29) is 0 Å². The molecular formula is C23H26F3NS. The Morgan fingerprint density at radius 1 is 0.964 bits per heavy atom. The summed E-state index contributed by atoms with van der Waals surface area (Å²) in [5.41, 5.74) is 2.60.